The molecule has 0 spiro atoms. The molecule has 1 aliphatic heterocycles. The smallest absolute Gasteiger partial charge is 0.304 e. The van der Waals surface area contributed by atoms with E-state index in [1.807, 2.05) is 30.5 Å². The fraction of sp³-hybridized carbons (Fsp3) is 0.321. The van der Waals surface area contributed by atoms with Crippen molar-refractivity contribution in [3.05, 3.63) is 76.9 Å². The van der Waals surface area contributed by atoms with Crippen molar-refractivity contribution in [3.8, 4) is 28.4 Å². The van der Waals surface area contributed by atoms with Crippen LogP contribution in [0.3, 0.4) is 0 Å². The number of carbonyl (C=O) groups is 1. The summed E-state index contributed by atoms with van der Waals surface area (Å²) in [6, 6.07) is 18.2. The van der Waals surface area contributed by atoms with Crippen LogP contribution < -0.4 is 18.9 Å². The molecule has 1 atom stereocenters. The van der Waals surface area contributed by atoms with E-state index in [-0.39, 0.29) is 12.3 Å². The molecule has 0 aromatic heterocycles. The van der Waals surface area contributed by atoms with E-state index in [9.17, 15) is 4.79 Å². The lowest BCUT2D eigenvalue weighted by Gasteiger charge is -2.15. The summed E-state index contributed by atoms with van der Waals surface area (Å²) < 4.78 is 20.8. The molecule has 0 radical (unpaired) electrons. The maximum atomic E-state index is 11.1. The predicted molar refractivity (Wildman–Crippen MR) is 140 cm³/mol. The average Bonchev–Trinajstić information content (AvgIpc) is 3.22. The number of benzene rings is 3. The monoisotopic (exact) mass is 493 g/mol. The molecule has 0 saturated carbocycles. The van der Waals surface area contributed by atoms with Crippen molar-refractivity contribution in [1.29, 1.82) is 0 Å². The average molecular weight is 494 g/mol. The molecule has 7 heteroatoms. The molecule has 0 bridgehead atoms. The van der Waals surface area contributed by atoms with Crippen molar-refractivity contribution in [2.24, 2.45) is 0 Å². The topological polar surface area (TPSA) is 77.0 Å². The molecule has 0 amide bonds. The summed E-state index contributed by atoms with van der Waals surface area (Å²) in [4.78, 5) is 11.1. The highest BCUT2D eigenvalue weighted by Gasteiger charge is 2.26. The van der Waals surface area contributed by atoms with E-state index in [1.165, 1.54) is 16.7 Å². The molecule has 35 heavy (non-hydrogen) atoms. The Balaban J connectivity index is 1.43. The van der Waals surface area contributed by atoms with E-state index in [0.717, 1.165) is 29.0 Å². The summed E-state index contributed by atoms with van der Waals surface area (Å²) in [7, 11) is 0. The second-order valence-corrected chi connectivity index (χ2v) is 9.37. The Kier molecular flexibility index (Phi) is 8.21. The summed E-state index contributed by atoms with van der Waals surface area (Å²) in [5.41, 5.74) is 6.68. The Morgan fingerprint density at radius 2 is 1.89 bits per heavy atom. The number of hydrogen-bond acceptors (Lipinski definition) is 6. The molecular weight excluding hydrogens is 462 g/mol. The fourth-order valence-electron chi connectivity index (χ4n) is 4.48. The SMILES string of the molecule is CSNCCOc1cc(C)c(-c2cccc(COc3ccc4c(c3)OCC4CC(=O)O)c2)c(C)c1. The van der Waals surface area contributed by atoms with Gasteiger partial charge in [-0.3, -0.25) is 9.52 Å². The molecule has 3 aromatic carbocycles. The van der Waals surface area contributed by atoms with Crippen molar-refractivity contribution in [2.75, 3.05) is 26.0 Å². The Morgan fingerprint density at radius 1 is 1.09 bits per heavy atom. The number of aliphatic carboxylic acids is 1. The first kappa shape index (κ1) is 24.9. The first-order valence-corrected chi connectivity index (χ1v) is 12.9. The Labute approximate surface area is 210 Å². The van der Waals surface area contributed by atoms with Crippen LogP contribution in [0, 0.1) is 13.8 Å². The summed E-state index contributed by atoms with van der Waals surface area (Å²) in [5.74, 6) is 1.37. The minimum Gasteiger partial charge on any atom is -0.492 e. The van der Waals surface area contributed by atoms with Crippen LogP contribution in [0.5, 0.6) is 17.2 Å². The zero-order valence-electron chi connectivity index (χ0n) is 20.3. The van der Waals surface area contributed by atoms with E-state index in [1.54, 1.807) is 11.9 Å². The summed E-state index contributed by atoms with van der Waals surface area (Å²) in [6.07, 6.45) is 2.07. The van der Waals surface area contributed by atoms with Crippen molar-refractivity contribution >= 4 is 17.9 Å². The normalized spacial score (nSPS) is 14.3. The number of nitrogens with one attached hydrogen (secondary N) is 1. The van der Waals surface area contributed by atoms with Crippen LogP contribution >= 0.6 is 11.9 Å². The Morgan fingerprint density at radius 3 is 2.63 bits per heavy atom. The molecule has 3 aromatic rings. The van der Waals surface area contributed by atoms with E-state index >= 15 is 0 Å². The van der Waals surface area contributed by atoms with Gasteiger partial charge in [0.1, 0.15) is 30.5 Å². The molecule has 0 fully saturated rings. The third-order valence-electron chi connectivity index (χ3n) is 6.03. The maximum Gasteiger partial charge on any atom is 0.304 e. The molecule has 4 rings (SSSR count). The van der Waals surface area contributed by atoms with Gasteiger partial charge in [0, 0.05) is 24.1 Å². The van der Waals surface area contributed by atoms with Gasteiger partial charge >= 0.3 is 5.97 Å². The Hall–Kier alpha value is -3.16. The van der Waals surface area contributed by atoms with Crippen LogP contribution in [-0.2, 0) is 11.4 Å². The third kappa shape index (κ3) is 6.29. The van der Waals surface area contributed by atoms with Crippen LogP contribution in [0.25, 0.3) is 11.1 Å². The molecule has 0 aliphatic carbocycles. The lowest BCUT2D eigenvalue weighted by Crippen LogP contribution is -2.14. The highest BCUT2D eigenvalue weighted by molar-refractivity contribution is 7.96. The lowest BCUT2D eigenvalue weighted by atomic mass is 9.94. The minimum atomic E-state index is -0.817. The summed E-state index contributed by atoms with van der Waals surface area (Å²) in [6.45, 7) is 6.46. The Bertz CT molecular complexity index is 1170. The van der Waals surface area contributed by atoms with Crippen LogP contribution in [-0.4, -0.2) is 37.1 Å². The zero-order valence-corrected chi connectivity index (χ0v) is 21.1. The number of hydrogen-bond donors (Lipinski definition) is 2. The van der Waals surface area contributed by atoms with Gasteiger partial charge in [-0.25, -0.2) is 0 Å². The van der Waals surface area contributed by atoms with Crippen molar-refractivity contribution in [1.82, 2.24) is 4.72 Å². The second kappa shape index (κ2) is 11.5. The molecule has 1 aliphatic rings. The van der Waals surface area contributed by atoms with Gasteiger partial charge in [0.25, 0.3) is 0 Å². The third-order valence-corrected chi connectivity index (χ3v) is 6.52. The lowest BCUT2D eigenvalue weighted by molar-refractivity contribution is -0.137. The molecule has 2 N–H and O–H groups in total. The van der Waals surface area contributed by atoms with Crippen molar-refractivity contribution < 1.29 is 24.1 Å². The van der Waals surface area contributed by atoms with Crippen LogP contribution in [0.4, 0.5) is 0 Å². The fourth-order valence-corrected chi connectivity index (χ4v) is 4.77. The molecule has 6 nitrogen and oxygen atoms in total. The molecule has 184 valence electrons. The first-order valence-electron chi connectivity index (χ1n) is 11.6. The quantitative estimate of drug-likeness (QED) is 0.260. The maximum absolute atomic E-state index is 11.1. The van der Waals surface area contributed by atoms with Gasteiger partial charge in [0.15, 0.2) is 0 Å². The van der Waals surface area contributed by atoms with E-state index in [4.69, 9.17) is 19.3 Å². The number of carboxylic acids is 1. The summed E-state index contributed by atoms with van der Waals surface area (Å²) >= 11 is 1.59. The standard InChI is InChI=1S/C28H31NO5S/c1-18-11-24(32-10-9-29-35-3)12-19(2)28(18)21-6-4-5-20(13-21)16-33-23-7-8-25-22(14-27(30)31)17-34-26(25)15-23/h4-8,11-13,15,22,29H,9-10,14,16-17H2,1-3H3,(H,30,31). The van der Waals surface area contributed by atoms with Crippen LogP contribution in [0.2, 0.25) is 0 Å². The second-order valence-electron chi connectivity index (χ2n) is 8.67. The highest BCUT2D eigenvalue weighted by Crippen LogP contribution is 2.38. The largest absolute Gasteiger partial charge is 0.492 e. The minimum absolute atomic E-state index is 0.0706. The van der Waals surface area contributed by atoms with E-state index < -0.39 is 5.97 Å². The molecule has 1 unspecified atom stereocenters. The highest BCUT2D eigenvalue weighted by atomic mass is 32.2. The molecule has 1 heterocycles. The predicted octanol–water partition coefficient (Wildman–Crippen LogP) is 5.75. The van der Waals surface area contributed by atoms with Gasteiger partial charge in [-0.1, -0.05) is 36.2 Å². The van der Waals surface area contributed by atoms with Crippen LogP contribution in [0.15, 0.2) is 54.6 Å². The summed E-state index contributed by atoms with van der Waals surface area (Å²) in [5, 5.41) is 9.08. The molecule has 0 saturated heterocycles. The first-order chi connectivity index (χ1) is 16.9. The van der Waals surface area contributed by atoms with Crippen molar-refractivity contribution in [3.63, 3.8) is 0 Å². The van der Waals surface area contributed by atoms with Crippen LogP contribution in [0.1, 0.15) is 34.6 Å². The van der Waals surface area contributed by atoms with Gasteiger partial charge in [-0.05, 0) is 72.2 Å². The van der Waals surface area contributed by atoms with Gasteiger partial charge < -0.3 is 19.3 Å². The van der Waals surface area contributed by atoms with Crippen molar-refractivity contribution in [2.45, 2.75) is 32.8 Å². The molecular formula is C28H31NO5S. The van der Waals surface area contributed by atoms with E-state index in [0.29, 0.717) is 31.3 Å². The number of rotatable bonds is 11. The zero-order chi connectivity index (χ0) is 24.8. The number of carboxylic acid groups (broad SMARTS) is 1. The van der Waals surface area contributed by atoms with E-state index in [2.05, 4.69) is 48.9 Å². The number of ether oxygens (including phenoxy) is 3. The number of aryl methyl sites for hydroxylation is 2. The van der Waals surface area contributed by atoms with Gasteiger partial charge in [-0.15, -0.1) is 0 Å². The van der Waals surface area contributed by atoms with Gasteiger partial charge in [0.05, 0.1) is 13.0 Å². The van der Waals surface area contributed by atoms with Gasteiger partial charge in [-0.2, -0.15) is 0 Å². The van der Waals surface area contributed by atoms with Gasteiger partial charge in [0.2, 0.25) is 0 Å². The number of fused-ring (bicyclic) bond motifs is 1.